The number of nitrogens with one attached hydrogen (secondary N) is 1. The number of amides is 3. The van der Waals surface area contributed by atoms with Gasteiger partial charge in [-0.25, -0.2) is 0 Å². The lowest BCUT2D eigenvalue weighted by atomic mass is 9.95. The second kappa shape index (κ2) is 12.6. The second-order valence-electron chi connectivity index (χ2n) is 10.8. The standard InChI is InChI=1S/C32H35Cl2N3O3/c1-2-27(31(39)35-24-11-4-3-5-12-24)37(20-22-16-17-23(33)19-26(22)34)29(38)15-8-18-36-28-14-7-10-21-9-6-13-25(30(21)28)32(36)40/h6-7,9-10,13-14,16-17,19,24,27H,2-5,8,11-12,15,18,20H2,1H3,(H,35,39)/t27-/m0/s1. The van der Waals surface area contributed by atoms with Crippen LogP contribution < -0.4 is 10.2 Å². The van der Waals surface area contributed by atoms with Gasteiger partial charge >= 0.3 is 0 Å². The fraction of sp³-hybridized carbons (Fsp3) is 0.406. The first kappa shape index (κ1) is 28.4. The predicted molar refractivity (Wildman–Crippen MR) is 161 cm³/mol. The summed E-state index contributed by atoms with van der Waals surface area (Å²) < 4.78 is 0. The van der Waals surface area contributed by atoms with E-state index in [1.54, 1.807) is 28.0 Å². The zero-order valence-electron chi connectivity index (χ0n) is 22.8. The summed E-state index contributed by atoms with van der Waals surface area (Å²) in [5.74, 6) is -0.300. The van der Waals surface area contributed by atoms with Crippen LogP contribution in [0.1, 0.15) is 74.2 Å². The SMILES string of the molecule is CC[C@@H](C(=O)NC1CCCCC1)N(Cc1ccc(Cl)cc1Cl)C(=O)CCCN1C(=O)c2cccc3cccc1c23. The number of nitrogens with zero attached hydrogens (tertiary/aromatic N) is 2. The van der Waals surface area contributed by atoms with Crippen LogP contribution in [0.4, 0.5) is 5.69 Å². The summed E-state index contributed by atoms with van der Waals surface area (Å²) >= 11 is 12.6. The van der Waals surface area contributed by atoms with Gasteiger partial charge in [0, 0.05) is 46.5 Å². The molecule has 0 unspecified atom stereocenters. The quantitative estimate of drug-likeness (QED) is 0.277. The first-order valence-electron chi connectivity index (χ1n) is 14.2. The molecule has 1 aliphatic heterocycles. The fourth-order valence-electron chi connectivity index (χ4n) is 6.03. The van der Waals surface area contributed by atoms with E-state index in [0.717, 1.165) is 47.7 Å². The highest BCUT2D eigenvalue weighted by molar-refractivity contribution is 6.35. The van der Waals surface area contributed by atoms with Crippen LogP contribution in [0.25, 0.3) is 10.8 Å². The molecule has 0 saturated heterocycles. The maximum atomic E-state index is 13.8. The molecule has 1 fully saturated rings. The van der Waals surface area contributed by atoms with E-state index in [2.05, 4.69) is 5.32 Å². The van der Waals surface area contributed by atoms with E-state index in [-0.39, 0.29) is 36.7 Å². The Bertz CT molecular complexity index is 1410. The van der Waals surface area contributed by atoms with Gasteiger partial charge in [0.1, 0.15) is 6.04 Å². The molecule has 0 radical (unpaired) electrons. The Hall–Kier alpha value is -3.09. The lowest BCUT2D eigenvalue weighted by Crippen LogP contribution is -2.51. The summed E-state index contributed by atoms with van der Waals surface area (Å²) in [6, 6.07) is 16.4. The van der Waals surface area contributed by atoms with Crippen LogP contribution in [0.3, 0.4) is 0 Å². The molecule has 0 spiro atoms. The summed E-state index contributed by atoms with van der Waals surface area (Å²) in [5.41, 5.74) is 2.32. The van der Waals surface area contributed by atoms with Gasteiger partial charge < -0.3 is 15.1 Å². The van der Waals surface area contributed by atoms with Crippen molar-refractivity contribution in [1.29, 1.82) is 0 Å². The minimum absolute atomic E-state index is 0.0395. The van der Waals surface area contributed by atoms with E-state index in [1.807, 2.05) is 43.3 Å². The van der Waals surface area contributed by atoms with E-state index in [4.69, 9.17) is 23.2 Å². The maximum Gasteiger partial charge on any atom is 0.258 e. The van der Waals surface area contributed by atoms with E-state index in [0.29, 0.717) is 35.0 Å². The van der Waals surface area contributed by atoms with E-state index >= 15 is 0 Å². The van der Waals surface area contributed by atoms with Crippen molar-refractivity contribution in [3.8, 4) is 0 Å². The van der Waals surface area contributed by atoms with Gasteiger partial charge in [0.2, 0.25) is 11.8 Å². The van der Waals surface area contributed by atoms with Crippen molar-refractivity contribution in [2.75, 3.05) is 11.4 Å². The van der Waals surface area contributed by atoms with Gasteiger partial charge in [0.15, 0.2) is 0 Å². The van der Waals surface area contributed by atoms with Crippen molar-refractivity contribution in [1.82, 2.24) is 10.2 Å². The normalized spacial score (nSPS) is 15.9. The number of hydrogen-bond donors (Lipinski definition) is 1. The monoisotopic (exact) mass is 579 g/mol. The number of hydrogen-bond acceptors (Lipinski definition) is 3. The Balaban J connectivity index is 1.31. The molecule has 3 aromatic carbocycles. The fourth-order valence-corrected chi connectivity index (χ4v) is 6.50. The molecule has 210 valence electrons. The molecule has 1 atom stereocenters. The molecule has 0 aromatic heterocycles. The van der Waals surface area contributed by atoms with Crippen LogP contribution in [0.5, 0.6) is 0 Å². The minimum atomic E-state index is -0.618. The van der Waals surface area contributed by atoms with Crippen LogP contribution in [0, 0.1) is 0 Å². The Morgan fingerprint density at radius 3 is 2.52 bits per heavy atom. The zero-order valence-corrected chi connectivity index (χ0v) is 24.3. The molecular weight excluding hydrogens is 545 g/mol. The molecule has 2 aliphatic rings. The molecule has 8 heteroatoms. The van der Waals surface area contributed by atoms with Gasteiger partial charge in [-0.15, -0.1) is 0 Å². The van der Waals surface area contributed by atoms with Crippen molar-refractivity contribution in [3.63, 3.8) is 0 Å². The van der Waals surface area contributed by atoms with Gasteiger partial charge in [-0.2, -0.15) is 0 Å². The van der Waals surface area contributed by atoms with Crippen molar-refractivity contribution in [3.05, 3.63) is 75.8 Å². The third-order valence-corrected chi connectivity index (χ3v) is 8.70. The minimum Gasteiger partial charge on any atom is -0.352 e. The average Bonchev–Trinajstić information content (AvgIpc) is 3.22. The Morgan fingerprint density at radius 2 is 1.80 bits per heavy atom. The Labute approximate surface area is 245 Å². The number of benzene rings is 3. The molecule has 3 amide bonds. The molecular formula is C32H35Cl2N3O3. The van der Waals surface area contributed by atoms with Crippen LogP contribution in [-0.4, -0.2) is 41.2 Å². The van der Waals surface area contributed by atoms with E-state index in [1.165, 1.54) is 6.42 Å². The Morgan fingerprint density at radius 1 is 1.05 bits per heavy atom. The van der Waals surface area contributed by atoms with Crippen LogP contribution in [0.15, 0.2) is 54.6 Å². The van der Waals surface area contributed by atoms with E-state index < -0.39 is 6.04 Å². The number of rotatable bonds is 10. The van der Waals surface area contributed by atoms with Crippen molar-refractivity contribution >= 4 is 57.4 Å². The van der Waals surface area contributed by atoms with Crippen LogP contribution >= 0.6 is 23.2 Å². The number of carbonyl (C=O) groups is 3. The van der Waals surface area contributed by atoms with Gasteiger partial charge in [-0.05, 0) is 60.9 Å². The highest BCUT2D eigenvalue weighted by atomic mass is 35.5. The Kier molecular flexibility index (Phi) is 8.97. The van der Waals surface area contributed by atoms with Gasteiger partial charge in [-0.3, -0.25) is 14.4 Å². The van der Waals surface area contributed by atoms with Crippen molar-refractivity contribution < 1.29 is 14.4 Å². The van der Waals surface area contributed by atoms with Crippen molar-refractivity contribution in [2.45, 2.75) is 76.9 Å². The molecule has 1 saturated carbocycles. The third-order valence-electron chi connectivity index (χ3n) is 8.11. The predicted octanol–water partition coefficient (Wildman–Crippen LogP) is 7.14. The molecule has 1 aliphatic carbocycles. The number of halogens is 2. The summed E-state index contributed by atoms with van der Waals surface area (Å²) in [5, 5.41) is 6.17. The van der Waals surface area contributed by atoms with Gasteiger partial charge in [0.25, 0.3) is 5.91 Å². The smallest absolute Gasteiger partial charge is 0.258 e. The molecule has 6 nitrogen and oxygen atoms in total. The number of anilines is 1. The van der Waals surface area contributed by atoms with Crippen LogP contribution in [0.2, 0.25) is 10.0 Å². The molecule has 0 bridgehead atoms. The molecule has 5 rings (SSSR count). The highest BCUT2D eigenvalue weighted by Crippen LogP contribution is 2.37. The topological polar surface area (TPSA) is 69.7 Å². The van der Waals surface area contributed by atoms with Crippen LogP contribution in [-0.2, 0) is 16.1 Å². The van der Waals surface area contributed by atoms with Crippen molar-refractivity contribution in [2.24, 2.45) is 0 Å². The molecule has 1 N–H and O–H groups in total. The van der Waals surface area contributed by atoms with Gasteiger partial charge in [-0.1, -0.05) is 79.7 Å². The maximum absolute atomic E-state index is 13.8. The zero-order chi connectivity index (χ0) is 28.2. The third kappa shape index (κ3) is 5.98. The average molecular weight is 581 g/mol. The summed E-state index contributed by atoms with van der Waals surface area (Å²) in [6.45, 7) is 2.55. The second-order valence-corrected chi connectivity index (χ2v) is 11.6. The van der Waals surface area contributed by atoms with Gasteiger partial charge in [0.05, 0.1) is 5.69 Å². The van der Waals surface area contributed by atoms with E-state index in [9.17, 15) is 14.4 Å². The first-order valence-corrected chi connectivity index (χ1v) is 15.0. The highest BCUT2D eigenvalue weighted by Gasteiger charge is 2.32. The molecule has 1 heterocycles. The molecule has 3 aromatic rings. The molecule has 40 heavy (non-hydrogen) atoms. The largest absolute Gasteiger partial charge is 0.352 e. The lowest BCUT2D eigenvalue weighted by molar-refractivity contribution is -0.141. The lowest BCUT2D eigenvalue weighted by Gasteiger charge is -2.33. The summed E-state index contributed by atoms with van der Waals surface area (Å²) in [7, 11) is 0. The summed E-state index contributed by atoms with van der Waals surface area (Å²) in [6.07, 6.45) is 6.51. The first-order chi connectivity index (χ1) is 19.4. The summed E-state index contributed by atoms with van der Waals surface area (Å²) in [4.78, 5) is 43.8. The number of carbonyl (C=O) groups excluding carboxylic acids is 3.